The zero-order chi connectivity index (χ0) is 19.1. The molecule has 0 spiro atoms. The summed E-state index contributed by atoms with van der Waals surface area (Å²) in [5.74, 6) is 2.27. The van der Waals surface area contributed by atoms with Gasteiger partial charge in [0.1, 0.15) is 5.82 Å². The maximum atomic E-state index is 12.4. The van der Waals surface area contributed by atoms with Gasteiger partial charge in [-0.3, -0.25) is 4.79 Å². The van der Waals surface area contributed by atoms with Crippen molar-refractivity contribution in [1.82, 2.24) is 20.0 Å². The minimum atomic E-state index is 0.00254. The van der Waals surface area contributed by atoms with Gasteiger partial charge in [-0.15, -0.1) is 10.2 Å². The van der Waals surface area contributed by atoms with E-state index in [1.165, 1.54) is 19.3 Å². The van der Waals surface area contributed by atoms with Crippen LogP contribution in [0.3, 0.4) is 0 Å². The zero-order valence-corrected chi connectivity index (χ0v) is 16.6. The Morgan fingerprint density at radius 2 is 1.89 bits per heavy atom. The summed E-state index contributed by atoms with van der Waals surface area (Å²) in [4.78, 5) is 14.7. The Balaban J connectivity index is 1.51. The monoisotopic (exact) mass is 394 g/mol. The van der Waals surface area contributed by atoms with Crippen molar-refractivity contribution < 1.29 is 4.79 Å². The number of fused-ring (bicyclic) bond motifs is 1. The number of nitrogens with zero attached hydrogens (tertiary/aromatic N) is 5. The van der Waals surface area contributed by atoms with Gasteiger partial charge in [0.2, 0.25) is 5.91 Å². The maximum Gasteiger partial charge on any atom is 0.226 e. The van der Waals surface area contributed by atoms with Gasteiger partial charge in [0.15, 0.2) is 11.6 Å². The third-order valence-corrected chi connectivity index (χ3v) is 6.28. The Labute approximate surface area is 167 Å². The van der Waals surface area contributed by atoms with E-state index in [1.54, 1.807) is 16.0 Å². The first-order chi connectivity index (χ1) is 13.7. The van der Waals surface area contributed by atoms with Crippen LogP contribution in [0, 0.1) is 6.92 Å². The molecule has 1 atom stereocenters. The predicted octanol–water partition coefficient (Wildman–Crippen LogP) is 3.50. The number of anilines is 2. The lowest BCUT2D eigenvalue weighted by Crippen LogP contribution is -2.30. The number of rotatable bonds is 3. The van der Waals surface area contributed by atoms with Crippen molar-refractivity contribution in [2.24, 2.45) is 0 Å². The van der Waals surface area contributed by atoms with Crippen LogP contribution in [0.2, 0.25) is 0 Å². The van der Waals surface area contributed by atoms with E-state index in [9.17, 15) is 4.79 Å². The summed E-state index contributed by atoms with van der Waals surface area (Å²) in [6.07, 6.45) is 4.12. The van der Waals surface area contributed by atoms with Gasteiger partial charge in [-0.1, -0.05) is 0 Å². The first-order valence-corrected chi connectivity index (χ1v) is 10.7. The number of amides is 1. The predicted molar refractivity (Wildman–Crippen MR) is 109 cm³/mol. The van der Waals surface area contributed by atoms with Crippen LogP contribution in [0.5, 0.6) is 0 Å². The Hall–Kier alpha value is -2.74. The molecule has 1 N–H and O–H groups in total. The summed E-state index contributed by atoms with van der Waals surface area (Å²) in [5.41, 5.74) is 3.14. The third kappa shape index (κ3) is 2.97. The topological polar surface area (TPSA) is 75.9 Å². The third-order valence-electron chi connectivity index (χ3n) is 5.58. The standard InChI is InChI=1S/C20H22N6OS/c1-13-19-15(14-7-10-28-12-14)11-18(27)21-20(19)26(24-13)17-6-5-16(22-23-17)25-8-3-2-4-9-25/h5-7,10,12,15H,2-4,8-9,11H2,1H3,(H,21,27). The van der Waals surface area contributed by atoms with Gasteiger partial charge in [-0.25, -0.2) is 0 Å². The second-order valence-electron chi connectivity index (χ2n) is 7.42. The molecule has 0 aromatic carbocycles. The molecule has 8 heteroatoms. The van der Waals surface area contributed by atoms with Crippen molar-refractivity contribution >= 4 is 28.9 Å². The molecule has 2 aliphatic rings. The molecule has 1 fully saturated rings. The van der Waals surface area contributed by atoms with Gasteiger partial charge in [0.05, 0.1) is 5.69 Å². The molecule has 1 amide bonds. The normalized spacial score (nSPS) is 19.4. The lowest BCUT2D eigenvalue weighted by molar-refractivity contribution is -0.116. The van der Waals surface area contributed by atoms with Gasteiger partial charge >= 0.3 is 0 Å². The summed E-state index contributed by atoms with van der Waals surface area (Å²) in [6.45, 7) is 4.05. The quantitative estimate of drug-likeness (QED) is 0.736. The van der Waals surface area contributed by atoms with Gasteiger partial charge < -0.3 is 10.2 Å². The highest BCUT2D eigenvalue weighted by Gasteiger charge is 2.33. The SMILES string of the molecule is Cc1nn(-c2ccc(N3CCCCC3)nn2)c2c1C(c1ccsc1)CC(=O)N2. The van der Waals surface area contributed by atoms with Crippen molar-refractivity contribution in [2.75, 3.05) is 23.3 Å². The molecule has 1 unspecified atom stereocenters. The number of thiophene rings is 1. The van der Waals surface area contributed by atoms with E-state index in [4.69, 9.17) is 0 Å². The van der Waals surface area contributed by atoms with Gasteiger partial charge in [-0.2, -0.15) is 21.1 Å². The highest BCUT2D eigenvalue weighted by atomic mass is 32.1. The van der Waals surface area contributed by atoms with Crippen molar-refractivity contribution in [1.29, 1.82) is 0 Å². The first-order valence-electron chi connectivity index (χ1n) is 9.71. The lowest BCUT2D eigenvalue weighted by atomic mass is 9.87. The van der Waals surface area contributed by atoms with Gasteiger partial charge in [0.25, 0.3) is 0 Å². The van der Waals surface area contributed by atoms with Crippen LogP contribution in [0.25, 0.3) is 5.82 Å². The highest BCUT2D eigenvalue weighted by Crippen LogP contribution is 2.40. The number of piperidine rings is 1. The van der Waals surface area contributed by atoms with Crippen molar-refractivity contribution in [3.05, 3.63) is 45.8 Å². The Kier molecular flexibility index (Phi) is 4.35. The van der Waals surface area contributed by atoms with E-state index >= 15 is 0 Å². The molecule has 7 nitrogen and oxygen atoms in total. The fraction of sp³-hybridized carbons (Fsp3) is 0.400. The Bertz CT molecular complexity index is 989. The summed E-state index contributed by atoms with van der Waals surface area (Å²) in [7, 11) is 0. The average Bonchev–Trinajstić information content (AvgIpc) is 3.37. The first kappa shape index (κ1) is 17.4. The lowest BCUT2D eigenvalue weighted by Gasteiger charge is -2.27. The molecule has 3 aromatic rings. The summed E-state index contributed by atoms with van der Waals surface area (Å²) in [5, 5.41) is 20.7. The fourth-order valence-electron chi connectivity index (χ4n) is 4.19. The highest BCUT2D eigenvalue weighted by molar-refractivity contribution is 7.08. The Morgan fingerprint density at radius 3 is 2.61 bits per heavy atom. The van der Waals surface area contributed by atoms with E-state index in [0.29, 0.717) is 18.1 Å². The van der Waals surface area contributed by atoms with E-state index in [-0.39, 0.29) is 11.8 Å². The fourth-order valence-corrected chi connectivity index (χ4v) is 4.91. The molecule has 0 aliphatic carbocycles. The van der Waals surface area contributed by atoms with E-state index < -0.39 is 0 Å². The molecule has 144 valence electrons. The van der Waals surface area contributed by atoms with E-state index in [0.717, 1.165) is 35.7 Å². The summed E-state index contributed by atoms with van der Waals surface area (Å²) in [6, 6.07) is 6.02. The molecule has 28 heavy (non-hydrogen) atoms. The van der Waals surface area contributed by atoms with Gasteiger partial charge in [0, 0.05) is 31.0 Å². The van der Waals surface area contributed by atoms with E-state index in [1.807, 2.05) is 24.4 Å². The molecule has 3 aromatic heterocycles. The number of aryl methyl sites for hydroxylation is 1. The molecule has 0 bridgehead atoms. The molecule has 2 aliphatic heterocycles. The van der Waals surface area contributed by atoms with Crippen molar-refractivity contribution in [2.45, 2.75) is 38.5 Å². The molecule has 5 heterocycles. The van der Waals surface area contributed by atoms with Gasteiger partial charge in [-0.05, 0) is 60.7 Å². The largest absolute Gasteiger partial charge is 0.355 e. The minimum absolute atomic E-state index is 0.00254. The summed E-state index contributed by atoms with van der Waals surface area (Å²) >= 11 is 1.65. The van der Waals surface area contributed by atoms with Crippen molar-refractivity contribution in [3.63, 3.8) is 0 Å². The average molecular weight is 395 g/mol. The van der Waals surface area contributed by atoms with Crippen LogP contribution in [0.4, 0.5) is 11.6 Å². The maximum absolute atomic E-state index is 12.4. The number of hydrogen-bond donors (Lipinski definition) is 1. The number of nitrogens with one attached hydrogen (secondary N) is 1. The zero-order valence-electron chi connectivity index (χ0n) is 15.8. The number of carbonyl (C=O) groups is 1. The van der Waals surface area contributed by atoms with Crippen LogP contribution in [0.1, 0.15) is 48.4 Å². The number of aromatic nitrogens is 4. The molecule has 0 saturated carbocycles. The van der Waals surface area contributed by atoms with Crippen LogP contribution in [0.15, 0.2) is 29.0 Å². The van der Waals surface area contributed by atoms with Crippen molar-refractivity contribution in [3.8, 4) is 5.82 Å². The van der Waals surface area contributed by atoms with Crippen LogP contribution < -0.4 is 10.2 Å². The van der Waals surface area contributed by atoms with E-state index in [2.05, 4.69) is 37.0 Å². The molecule has 0 radical (unpaired) electrons. The number of carbonyl (C=O) groups excluding carboxylic acids is 1. The molecule has 5 rings (SSSR count). The van der Waals surface area contributed by atoms with Crippen LogP contribution >= 0.6 is 11.3 Å². The van der Waals surface area contributed by atoms with Crippen LogP contribution in [-0.4, -0.2) is 39.0 Å². The second-order valence-corrected chi connectivity index (χ2v) is 8.20. The Morgan fingerprint density at radius 1 is 1.11 bits per heavy atom. The minimum Gasteiger partial charge on any atom is -0.355 e. The van der Waals surface area contributed by atoms with Crippen LogP contribution in [-0.2, 0) is 4.79 Å². The molecular formula is C20H22N6OS. The molecular weight excluding hydrogens is 372 g/mol. The molecule has 1 saturated heterocycles. The second kappa shape index (κ2) is 7.01. The summed E-state index contributed by atoms with van der Waals surface area (Å²) < 4.78 is 1.72. The number of hydrogen-bond acceptors (Lipinski definition) is 6. The smallest absolute Gasteiger partial charge is 0.226 e.